The number of nitrogens with zero attached hydrogens (tertiary/aromatic N) is 1. The number of methoxy groups -OCH3 is 1. The number of carbonyl (C=O) groups excluding carboxylic acids is 1. The molecule has 0 aliphatic heterocycles. The standard InChI is InChI=1S/C25H29F3N2O3/c1-24(2,19-12-17(26)8-9-21(19)33-5)14-25(32,23(27)28)13-18-10-15-6-7-16(11-20(15)29-18)22(31)30(3)4/h6-12,23,29,32H,13-14H2,1-5H3. The number of fused-ring (bicyclic) bond motifs is 1. The number of ether oxygens (including phenoxy) is 1. The Kier molecular flexibility index (Phi) is 6.79. The van der Waals surface area contributed by atoms with E-state index in [4.69, 9.17) is 4.74 Å². The highest BCUT2D eigenvalue weighted by atomic mass is 19.3. The van der Waals surface area contributed by atoms with Gasteiger partial charge in [-0.15, -0.1) is 0 Å². The molecule has 0 bridgehead atoms. The number of amides is 1. The van der Waals surface area contributed by atoms with Crippen LogP contribution in [0, 0.1) is 5.82 Å². The van der Waals surface area contributed by atoms with Gasteiger partial charge in [0, 0.05) is 42.9 Å². The lowest BCUT2D eigenvalue weighted by molar-refractivity contribution is -0.110. The fourth-order valence-corrected chi connectivity index (χ4v) is 4.29. The summed E-state index contributed by atoms with van der Waals surface area (Å²) in [7, 11) is 4.71. The van der Waals surface area contributed by atoms with E-state index < -0.39 is 23.3 Å². The normalized spacial score (nSPS) is 13.9. The summed E-state index contributed by atoms with van der Waals surface area (Å²) in [5.41, 5.74) is -1.53. The van der Waals surface area contributed by atoms with Crippen LogP contribution in [-0.2, 0) is 11.8 Å². The Morgan fingerprint density at radius 1 is 1.15 bits per heavy atom. The van der Waals surface area contributed by atoms with Gasteiger partial charge in [-0.25, -0.2) is 13.2 Å². The molecule has 0 aliphatic rings. The zero-order valence-electron chi connectivity index (χ0n) is 19.4. The molecule has 2 N–H and O–H groups in total. The first-order valence-electron chi connectivity index (χ1n) is 10.5. The lowest BCUT2D eigenvalue weighted by atomic mass is 9.73. The molecule has 3 aromatic rings. The molecular formula is C25H29F3N2O3. The monoisotopic (exact) mass is 462 g/mol. The fraction of sp³-hybridized carbons (Fsp3) is 0.400. The molecule has 1 unspecified atom stereocenters. The third-order valence-corrected chi connectivity index (χ3v) is 5.87. The van der Waals surface area contributed by atoms with Crippen LogP contribution in [0.1, 0.15) is 41.9 Å². The molecule has 33 heavy (non-hydrogen) atoms. The second-order valence-electron chi connectivity index (χ2n) is 9.28. The van der Waals surface area contributed by atoms with E-state index in [9.17, 15) is 23.1 Å². The van der Waals surface area contributed by atoms with E-state index in [1.807, 2.05) is 0 Å². The van der Waals surface area contributed by atoms with Gasteiger partial charge in [-0.3, -0.25) is 4.79 Å². The molecule has 1 amide bonds. The van der Waals surface area contributed by atoms with Crippen LogP contribution < -0.4 is 4.74 Å². The number of hydrogen-bond acceptors (Lipinski definition) is 3. The molecule has 178 valence electrons. The first-order chi connectivity index (χ1) is 15.4. The van der Waals surface area contributed by atoms with Crippen molar-refractivity contribution in [1.29, 1.82) is 0 Å². The number of aliphatic hydroxyl groups is 1. The zero-order chi connectivity index (χ0) is 24.6. The smallest absolute Gasteiger partial charge is 0.267 e. The summed E-state index contributed by atoms with van der Waals surface area (Å²) in [6.07, 6.45) is -3.73. The molecule has 0 saturated heterocycles. The van der Waals surface area contributed by atoms with Crippen LogP contribution in [0.5, 0.6) is 5.75 Å². The van der Waals surface area contributed by atoms with Gasteiger partial charge in [-0.2, -0.15) is 0 Å². The predicted octanol–water partition coefficient (Wildman–Crippen LogP) is 4.92. The molecule has 0 saturated carbocycles. The Morgan fingerprint density at radius 3 is 2.45 bits per heavy atom. The molecular weight excluding hydrogens is 433 g/mol. The highest BCUT2D eigenvalue weighted by Gasteiger charge is 2.44. The minimum Gasteiger partial charge on any atom is -0.496 e. The zero-order valence-corrected chi connectivity index (χ0v) is 19.4. The van der Waals surface area contributed by atoms with Crippen molar-refractivity contribution in [2.75, 3.05) is 21.2 Å². The maximum Gasteiger partial charge on any atom is 0.267 e. The summed E-state index contributed by atoms with van der Waals surface area (Å²) in [6, 6.07) is 10.7. The highest BCUT2D eigenvalue weighted by molar-refractivity contribution is 5.97. The number of alkyl halides is 2. The van der Waals surface area contributed by atoms with Crippen molar-refractivity contribution in [3.05, 3.63) is 65.1 Å². The first kappa shape index (κ1) is 24.6. The molecule has 0 aliphatic carbocycles. The summed E-state index contributed by atoms with van der Waals surface area (Å²) in [4.78, 5) is 16.7. The Morgan fingerprint density at radius 2 is 1.85 bits per heavy atom. The minimum absolute atomic E-state index is 0.178. The summed E-state index contributed by atoms with van der Waals surface area (Å²) in [6.45, 7) is 3.34. The Balaban J connectivity index is 1.93. The number of benzene rings is 2. The van der Waals surface area contributed by atoms with E-state index in [1.165, 1.54) is 30.2 Å². The van der Waals surface area contributed by atoms with E-state index in [1.54, 1.807) is 52.2 Å². The molecule has 1 heterocycles. The van der Waals surface area contributed by atoms with Crippen LogP contribution in [0.3, 0.4) is 0 Å². The summed E-state index contributed by atoms with van der Waals surface area (Å²) in [5, 5.41) is 11.8. The molecule has 1 aromatic heterocycles. The summed E-state index contributed by atoms with van der Waals surface area (Å²) < 4.78 is 47.5. The molecule has 8 heteroatoms. The van der Waals surface area contributed by atoms with Crippen molar-refractivity contribution in [3.63, 3.8) is 0 Å². The van der Waals surface area contributed by atoms with Crippen LogP contribution in [0.25, 0.3) is 10.9 Å². The number of carbonyl (C=O) groups is 1. The molecule has 3 rings (SSSR count). The number of nitrogens with one attached hydrogen (secondary N) is 1. The second-order valence-corrected chi connectivity index (χ2v) is 9.28. The van der Waals surface area contributed by atoms with Gasteiger partial charge in [0.05, 0.1) is 7.11 Å². The largest absolute Gasteiger partial charge is 0.496 e. The van der Waals surface area contributed by atoms with Gasteiger partial charge < -0.3 is 19.7 Å². The van der Waals surface area contributed by atoms with Crippen molar-refractivity contribution in [2.24, 2.45) is 0 Å². The van der Waals surface area contributed by atoms with Crippen molar-refractivity contribution in [1.82, 2.24) is 9.88 Å². The minimum atomic E-state index is -3.05. The van der Waals surface area contributed by atoms with Crippen LogP contribution >= 0.6 is 0 Å². The molecule has 2 aromatic carbocycles. The first-order valence-corrected chi connectivity index (χ1v) is 10.5. The maximum atomic E-state index is 14.2. The molecule has 0 spiro atoms. The Hall–Kier alpha value is -3.00. The topological polar surface area (TPSA) is 65.6 Å². The number of hydrogen-bond donors (Lipinski definition) is 2. The van der Waals surface area contributed by atoms with E-state index in [0.29, 0.717) is 28.1 Å². The molecule has 0 fully saturated rings. The molecule has 5 nitrogen and oxygen atoms in total. The van der Waals surface area contributed by atoms with Gasteiger partial charge in [0.15, 0.2) is 0 Å². The van der Waals surface area contributed by atoms with E-state index in [0.717, 1.165) is 5.39 Å². The van der Waals surface area contributed by atoms with Crippen molar-refractivity contribution >= 4 is 16.8 Å². The van der Waals surface area contributed by atoms with Gasteiger partial charge in [0.25, 0.3) is 12.3 Å². The van der Waals surface area contributed by atoms with Gasteiger partial charge in [0.1, 0.15) is 17.2 Å². The SMILES string of the molecule is COc1ccc(F)cc1C(C)(C)CC(O)(Cc1cc2ccc(C(=O)N(C)C)cc2[nH]1)C(F)F. The van der Waals surface area contributed by atoms with E-state index in [-0.39, 0.29) is 18.7 Å². The lowest BCUT2D eigenvalue weighted by Gasteiger charge is -2.36. The second kappa shape index (κ2) is 9.09. The Labute approximate surface area is 191 Å². The van der Waals surface area contributed by atoms with Crippen LogP contribution in [0.2, 0.25) is 0 Å². The molecule has 0 radical (unpaired) electrons. The van der Waals surface area contributed by atoms with Crippen LogP contribution in [-0.4, -0.2) is 54.1 Å². The van der Waals surface area contributed by atoms with Crippen molar-refractivity contribution in [3.8, 4) is 5.75 Å². The quantitative estimate of drug-likeness (QED) is 0.499. The van der Waals surface area contributed by atoms with Gasteiger partial charge in [-0.05, 0) is 53.6 Å². The number of H-pyrrole nitrogens is 1. The van der Waals surface area contributed by atoms with Crippen molar-refractivity contribution < 1.29 is 27.8 Å². The Bertz CT molecular complexity index is 1160. The number of aromatic nitrogens is 1. The third-order valence-electron chi connectivity index (χ3n) is 5.87. The van der Waals surface area contributed by atoms with E-state index >= 15 is 0 Å². The lowest BCUT2D eigenvalue weighted by Crippen LogP contribution is -2.45. The van der Waals surface area contributed by atoms with Gasteiger partial charge >= 0.3 is 0 Å². The maximum absolute atomic E-state index is 14.2. The van der Waals surface area contributed by atoms with Gasteiger partial charge in [0.2, 0.25) is 0 Å². The van der Waals surface area contributed by atoms with Crippen molar-refractivity contribution in [2.45, 2.75) is 44.1 Å². The number of halogens is 3. The van der Waals surface area contributed by atoms with E-state index in [2.05, 4.69) is 4.98 Å². The fourth-order valence-electron chi connectivity index (χ4n) is 4.29. The summed E-state index contributed by atoms with van der Waals surface area (Å²) >= 11 is 0. The third kappa shape index (κ3) is 5.16. The molecule has 1 atom stereocenters. The average molecular weight is 463 g/mol. The highest BCUT2D eigenvalue weighted by Crippen LogP contribution is 2.41. The summed E-state index contributed by atoms with van der Waals surface area (Å²) in [5.74, 6) is -0.331. The number of rotatable bonds is 8. The average Bonchev–Trinajstić information content (AvgIpc) is 3.13. The van der Waals surface area contributed by atoms with Gasteiger partial charge in [-0.1, -0.05) is 19.9 Å². The predicted molar refractivity (Wildman–Crippen MR) is 122 cm³/mol. The van der Waals surface area contributed by atoms with Crippen LogP contribution in [0.15, 0.2) is 42.5 Å². The number of aromatic amines is 1. The van der Waals surface area contributed by atoms with Crippen LogP contribution in [0.4, 0.5) is 13.2 Å².